The second-order valence-electron chi connectivity index (χ2n) is 2.95. The minimum atomic E-state index is 0.0850. The van der Waals surface area contributed by atoms with E-state index >= 15 is 0 Å². The quantitative estimate of drug-likeness (QED) is 0.691. The third-order valence-electron chi connectivity index (χ3n) is 1.98. The molecule has 0 bridgehead atoms. The molecule has 0 saturated carbocycles. The number of pyridine rings is 1. The molecule has 1 rings (SSSR count). The zero-order valence-electron chi connectivity index (χ0n) is 8.24. The number of hydrogen-bond donors (Lipinski definition) is 0. The number of aryl methyl sites for hydroxylation is 1. The summed E-state index contributed by atoms with van der Waals surface area (Å²) in [7, 11) is 1.75. The average Bonchev–Trinajstić information content (AvgIpc) is 2.16. The predicted molar refractivity (Wildman–Crippen MR) is 52.7 cm³/mol. The molecular formula is C10H14N2O. The summed E-state index contributed by atoms with van der Waals surface area (Å²) >= 11 is 0. The molecule has 0 N–H and O–H groups in total. The standard InChI is InChI=1S/C10H14N2O/c1-4-9(13)12(3)10-8(2)6-5-7-11-10/h5-7H,4H2,1-3H3. The highest BCUT2D eigenvalue weighted by atomic mass is 16.2. The van der Waals surface area contributed by atoms with Gasteiger partial charge in [-0.2, -0.15) is 0 Å². The molecule has 13 heavy (non-hydrogen) atoms. The van der Waals surface area contributed by atoms with Gasteiger partial charge in [-0.25, -0.2) is 4.98 Å². The van der Waals surface area contributed by atoms with Crippen molar-refractivity contribution < 1.29 is 4.79 Å². The van der Waals surface area contributed by atoms with Crippen LogP contribution in [0, 0.1) is 6.92 Å². The van der Waals surface area contributed by atoms with E-state index in [2.05, 4.69) is 4.98 Å². The van der Waals surface area contributed by atoms with E-state index in [0.717, 1.165) is 11.4 Å². The first-order chi connectivity index (χ1) is 6.16. The largest absolute Gasteiger partial charge is 0.300 e. The van der Waals surface area contributed by atoms with E-state index in [9.17, 15) is 4.79 Å². The first-order valence-electron chi connectivity index (χ1n) is 4.35. The van der Waals surface area contributed by atoms with E-state index < -0.39 is 0 Å². The highest BCUT2D eigenvalue weighted by Gasteiger charge is 2.10. The fourth-order valence-electron chi connectivity index (χ4n) is 1.18. The Morgan fingerprint density at radius 2 is 2.31 bits per heavy atom. The van der Waals surface area contributed by atoms with Crippen LogP contribution in [0.3, 0.4) is 0 Å². The second-order valence-corrected chi connectivity index (χ2v) is 2.95. The molecule has 0 aliphatic heterocycles. The lowest BCUT2D eigenvalue weighted by atomic mass is 10.2. The van der Waals surface area contributed by atoms with Crippen molar-refractivity contribution in [2.24, 2.45) is 0 Å². The van der Waals surface area contributed by atoms with E-state index in [1.165, 1.54) is 0 Å². The lowest BCUT2D eigenvalue weighted by Crippen LogP contribution is -2.26. The number of aromatic nitrogens is 1. The molecule has 1 aromatic heterocycles. The molecule has 1 aromatic rings. The van der Waals surface area contributed by atoms with Crippen molar-refractivity contribution in [3.63, 3.8) is 0 Å². The maximum absolute atomic E-state index is 11.4. The summed E-state index contributed by atoms with van der Waals surface area (Å²) in [5.41, 5.74) is 1.02. The monoisotopic (exact) mass is 178 g/mol. The summed E-state index contributed by atoms with van der Waals surface area (Å²) in [4.78, 5) is 17.1. The normalized spacial score (nSPS) is 9.77. The highest BCUT2D eigenvalue weighted by Crippen LogP contribution is 2.14. The molecule has 0 aliphatic carbocycles. The molecule has 0 unspecified atom stereocenters. The number of carbonyl (C=O) groups excluding carboxylic acids is 1. The van der Waals surface area contributed by atoms with E-state index in [4.69, 9.17) is 0 Å². The fraction of sp³-hybridized carbons (Fsp3) is 0.400. The molecule has 0 aliphatic rings. The topological polar surface area (TPSA) is 33.2 Å². The summed E-state index contributed by atoms with van der Waals surface area (Å²) in [6.07, 6.45) is 2.20. The number of anilines is 1. The van der Waals surface area contributed by atoms with Gasteiger partial charge in [-0.15, -0.1) is 0 Å². The smallest absolute Gasteiger partial charge is 0.227 e. The molecule has 0 atom stereocenters. The van der Waals surface area contributed by atoms with Crippen molar-refractivity contribution in [3.8, 4) is 0 Å². The van der Waals surface area contributed by atoms with Crippen LogP contribution in [0.25, 0.3) is 0 Å². The van der Waals surface area contributed by atoms with Crippen LogP contribution >= 0.6 is 0 Å². The van der Waals surface area contributed by atoms with Gasteiger partial charge in [0.1, 0.15) is 5.82 Å². The highest BCUT2D eigenvalue weighted by molar-refractivity contribution is 5.92. The van der Waals surface area contributed by atoms with Gasteiger partial charge < -0.3 is 0 Å². The van der Waals surface area contributed by atoms with Crippen LogP contribution in [-0.4, -0.2) is 17.9 Å². The minimum Gasteiger partial charge on any atom is -0.300 e. The van der Waals surface area contributed by atoms with Crippen molar-refractivity contribution in [2.45, 2.75) is 20.3 Å². The van der Waals surface area contributed by atoms with Gasteiger partial charge in [-0.05, 0) is 18.6 Å². The number of hydrogen-bond acceptors (Lipinski definition) is 2. The number of amides is 1. The van der Waals surface area contributed by atoms with Crippen LogP contribution in [-0.2, 0) is 4.79 Å². The van der Waals surface area contributed by atoms with Crippen molar-refractivity contribution in [2.75, 3.05) is 11.9 Å². The first kappa shape index (κ1) is 9.71. The van der Waals surface area contributed by atoms with Gasteiger partial charge in [0.05, 0.1) is 0 Å². The van der Waals surface area contributed by atoms with Gasteiger partial charge in [0.15, 0.2) is 0 Å². The van der Waals surface area contributed by atoms with Gasteiger partial charge in [-0.3, -0.25) is 9.69 Å². The molecule has 0 radical (unpaired) electrons. The van der Waals surface area contributed by atoms with E-state index in [0.29, 0.717) is 6.42 Å². The van der Waals surface area contributed by atoms with Crippen molar-refractivity contribution in [3.05, 3.63) is 23.9 Å². The van der Waals surface area contributed by atoms with Gasteiger partial charge in [-0.1, -0.05) is 13.0 Å². The maximum Gasteiger partial charge on any atom is 0.227 e. The fourth-order valence-corrected chi connectivity index (χ4v) is 1.18. The van der Waals surface area contributed by atoms with Crippen LogP contribution in [0.4, 0.5) is 5.82 Å². The number of nitrogens with zero attached hydrogens (tertiary/aromatic N) is 2. The third kappa shape index (κ3) is 2.05. The summed E-state index contributed by atoms with van der Waals surface area (Å²) in [6, 6.07) is 3.81. The lowest BCUT2D eigenvalue weighted by molar-refractivity contribution is -0.118. The van der Waals surface area contributed by atoms with E-state index in [1.807, 2.05) is 26.0 Å². The molecule has 0 saturated heterocycles. The minimum absolute atomic E-state index is 0.0850. The van der Waals surface area contributed by atoms with Crippen molar-refractivity contribution >= 4 is 11.7 Å². The third-order valence-corrected chi connectivity index (χ3v) is 1.98. The van der Waals surface area contributed by atoms with E-state index in [-0.39, 0.29) is 5.91 Å². The number of rotatable bonds is 2. The average molecular weight is 178 g/mol. The van der Waals surface area contributed by atoms with Gasteiger partial charge in [0.25, 0.3) is 0 Å². The molecule has 0 spiro atoms. The Bertz CT molecular complexity index is 310. The molecule has 0 fully saturated rings. The molecule has 3 heteroatoms. The van der Waals surface area contributed by atoms with Gasteiger partial charge in [0.2, 0.25) is 5.91 Å². The van der Waals surface area contributed by atoms with Crippen LogP contribution in [0.5, 0.6) is 0 Å². The Labute approximate surface area is 78.4 Å². The maximum atomic E-state index is 11.4. The summed E-state index contributed by atoms with van der Waals surface area (Å²) in [6.45, 7) is 3.79. The van der Waals surface area contributed by atoms with Crippen LogP contribution < -0.4 is 4.90 Å². The molecular weight excluding hydrogens is 164 g/mol. The predicted octanol–water partition coefficient (Wildman–Crippen LogP) is 1.76. The van der Waals surface area contributed by atoms with Gasteiger partial charge in [0, 0.05) is 19.7 Å². The van der Waals surface area contributed by atoms with Crippen LogP contribution in [0.1, 0.15) is 18.9 Å². The lowest BCUT2D eigenvalue weighted by Gasteiger charge is -2.16. The molecule has 1 heterocycles. The van der Waals surface area contributed by atoms with Crippen LogP contribution in [0.15, 0.2) is 18.3 Å². The Kier molecular flexibility index (Phi) is 3.01. The van der Waals surface area contributed by atoms with Crippen molar-refractivity contribution in [1.29, 1.82) is 0 Å². The SMILES string of the molecule is CCC(=O)N(C)c1ncccc1C. The molecule has 0 aromatic carbocycles. The summed E-state index contributed by atoms with van der Waals surface area (Å²) < 4.78 is 0. The van der Waals surface area contributed by atoms with Gasteiger partial charge >= 0.3 is 0 Å². The molecule has 3 nitrogen and oxygen atoms in total. The van der Waals surface area contributed by atoms with Crippen molar-refractivity contribution in [1.82, 2.24) is 4.98 Å². The summed E-state index contributed by atoms with van der Waals surface area (Å²) in [5, 5.41) is 0. The summed E-state index contributed by atoms with van der Waals surface area (Å²) in [5.74, 6) is 0.830. The molecule has 1 amide bonds. The second kappa shape index (κ2) is 4.03. The Balaban J connectivity index is 2.95. The number of carbonyl (C=O) groups is 1. The van der Waals surface area contributed by atoms with Crippen LogP contribution in [0.2, 0.25) is 0 Å². The first-order valence-corrected chi connectivity index (χ1v) is 4.35. The Morgan fingerprint density at radius 3 is 2.85 bits per heavy atom. The Hall–Kier alpha value is -1.38. The molecule has 70 valence electrons. The zero-order valence-corrected chi connectivity index (χ0v) is 8.24. The Morgan fingerprint density at radius 1 is 1.62 bits per heavy atom. The zero-order chi connectivity index (χ0) is 9.84. The van der Waals surface area contributed by atoms with E-state index in [1.54, 1.807) is 18.1 Å².